The van der Waals surface area contributed by atoms with Gasteiger partial charge in [0.15, 0.2) is 5.69 Å². The van der Waals surface area contributed by atoms with Crippen molar-refractivity contribution in [1.82, 2.24) is 10.5 Å². The SMILES string of the molecule is CC(C)(CCNC(=O)c1cc(C2CC2)on1)C(=O)O. The van der Waals surface area contributed by atoms with E-state index in [-0.39, 0.29) is 11.6 Å². The monoisotopic (exact) mass is 266 g/mol. The first-order valence-electron chi connectivity index (χ1n) is 6.38. The van der Waals surface area contributed by atoms with Gasteiger partial charge in [-0.2, -0.15) is 0 Å². The zero-order valence-electron chi connectivity index (χ0n) is 11.1. The predicted octanol–water partition coefficient (Wildman–Crippen LogP) is 1.78. The molecule has 0 aliphatic heterocycles. The van der Waals surface area contributed by atoms with Crippen molar-refractivity contribution in [3.8, 4) is 0 Å². The van der Waals surface area contributed by atoms with Gasteiger partial charge in [-0.15, -0.1) is 0 Å². The van der Waals surface area contributed by atoms with Crippen molar-refractivity contribution in [2.24, 2.45) is 5.41 Å². The molecule has 1 aliphatic rings. The molecule has 1 aromatic rings. The van der Waals surface area contributed by atoms with E-state index in [1.54, 1.807) is 19.9 Å². The predicted molar refractivity (Wildman–Crippen MR) is 66.8 cm³/mol. The summed E-state index contributed by atoms with van der Waals surface area (Å²) in [6.07, 6.45) is 2.54. The summed E-state index contributed by atoms with van der Waals surface area (Å²) in [5.74, 6) is -0.0212. The molecule has 0 saturated heterocycles. The molecule has 0 unspecified atom stereocenters. The maximum absolute atomic E-state index is 11.8. The maximum Gasteiger partial charge on any atom is 0.309 e. The third-order valence-electron chi connectivity index (χ3n) is 3.36. The Bertz CT molecular complexity index is 489. The molecule has 0 radical (unpaired) electrons. The molecule has 2 N–H and O–H groups in total. The van der Waals surface area contributed by atoms with Crippen LogP contribution < -0.4 is 5.32 Å². The van der Waals surface area contributed by atoms with Gasteiger partial charge in [-0.3, -0.25) is 9.59 Å². The van der Waals surface area contributed by atoms with Crippen molar-refractivity contribution >= 4 is 11.9 Å². The van der Waals surface area contributed by atoms with Crippen LogP contribution in [0.3, 0.4) is 0 Å². The number of carbonyl (C=O) groups is 2. The number of nitrogens with one attached hydrogen (secondary N) is 1. The zero-order valence-corrected chi connectivity index (χ0v) is 11.1. The van der Waals surface area contributed by atoms with Crippen molar-refractivity contribution in [3.63, 3.8) is 0 Å². The highest BCUT2D eigenvalue weighted by molar-refractivity contribution is 5.92. The Hall–Kier alpha value is -1.85. The van der Waals surface area contributed by atoms with E-state index < -0.39 is 11.4 Å². The van der Waals surface area contributed by atoms with Crippen LogP contribution in [0, 0.1) is 5.41 Å². The van der Waals surface area contributed by atoms with Crippen molar-refractivity contribution in [1.29, 1.82) is 0 Å². The van der Waals surface area contributed by atoms with Crippen LogP contribution in [-0.4, -0.2) is 28.7 Å². The van der Waals surface area contributed by atoms with Gasteiger partial charge in [0, 0.05) is 18.5 Å². The van der Waals surface area contributed by atoms with Crippen LogP contribution in [0.4, 0.5) is 0 Å². The number of hydrogen-bond donors (Lipinski definition) is 2. The summed E-state index contributed by atoms with van der Waals surface area (Å²) in [4.78, 5) is 22.7. The Kier molecular flexibility index (Phi) is 3.59. The second-order valence-electron chi connectivity index (χ2n) is 5.58. The minimum Gasteiger partial charge on any atom is -0.481 e. The van der Waals surface area contributed by atoms with Gasteiger partial charge in [0.05, 0.1) is 5.41 Å². The summed E-state index contributed by atoms with van der Waals surface area (Å²) >= 11 is 0. The highest BCUT2D eigenvalue weighted by atomic mass is 16.5. The van der Waals surface area contributed by atoms with E-state index in [9.17, 15) is 9.59 Å². The Morgan fingerprint density at radius 1 is 1.53 bits per heavy atom. The van der Waals surface area contributed by atoms with Crippen LogP contribution in [0.25, 0.3) is 0 Å². The molecule has 104 valence electrons. The Labute approximate surface area is 111 Å². The summed E-state index contributed by atoms with van der Waals surface area (Å²) < 4.78 is 5.09. The lowest BCUT2D eigenvalue weighted by Crippen LogP contribution is -2.32. The number of amides is 1. The van der Waals surface area contributed by atoms with E-state index in [0.29, 0.717) is 18.9 Å². The Morgan fingerprint density at radius 2 is 2.21 bits per heavy atom. The fourth-order valence-corrected chi connectivity index (χ4v) is 1.64. The fourth-order valence-electron chi connectivity index (χ4n) is 1.64. The third-order valence-corrected chi connectivity index (χ3v) is 3.36. The molecule has 1 heterocycles. The lowest BCUT2D eigenvalue weighted by molar-refractivity contribution is -0.147. The van der Waals surface area contributed by atoms with Crippen molar-refractivity contribution in [2.75, 3.05) is 6.54 Å². The molecule has 1 aromatic heterocycles. The van der Waals surface area contributed by atoms with Crippen LogP contribution in [0.2, 0.25) is 0 Å². The van der Waals surface area contributed by atoms with E-state index in [1.807, 2.05) is 0 Å². The first-order chi connectivity index (χ1) is 8.90. The molecule has 1 amide bonds. The second-order valence-corrected chi connectivity index (χ2v) is 5.58. The lowest BCUT2D eigenvalue weighted by Gasteiger charge is -2.18. The van der Waals surface area contributed by atoms with E-state index in [2.05, 4.69) is 10.5 Å². The van der Waals surface area contributed by atoms with Crippen LogP contribution in [0.1, 0.15) is 55.3 Å². The topological polar surface area (TPSA) is 92.4 Å². The fraction of sp³-hybridized carbons (Fsp3) is 0.615. The molecule has 0 atom stereocenters. The van der Waals surface area contributed by atoms with E-state index >= 15 is 0 Å². The second kappa shape index (κ2) is 5.03. The summed E-state index contributed by atoms with van der Waals surface area (Å²) in [5, 5.41) is 15.3. The van der Waals surface area contributed by atoms with E-state index in [4.69, 9.17) is 9.63 Å². The highest BCUT2D eigenvalue weighted by Crippen LogP contribution is 2.40. The van der Waals surface area contributed by atoms with Gasteiger partial charge in [-0.05, 0) is 33.1 Å². The van der Waals surface area contributed by atoms with Gasteiger partial charge in [0.1, 0.15) is 5.76 Å². The first kappa shape index (κ1) is 13.6. The van der Waals surface area contributed by atoms with Gasteiger partial charge in [-0.25, -0.2) is 0 Å². The number of carboxylic acids is 1. The molecule has 6 heteroatoms. The number of nitrogens with zero attached hydrogens (tertiary/aromatic N) is 1. The number of carboxylic acid groups (broad SMARTS) is 1. The van der Waals surface area contributed by atoms with Crippen LogP contribution in [0.15, 0.2) is 10.6 Å². The summed E-state index contributed by atoms with van der Waals surface area (Å²) in [5.41, 5.74) is -0.592. The molecule has 0 spiro atoms. The minimum atomic E-state index is -0.876. The summed E-state index contributed by atoms with van der Waals surface area (Å²) in [6.45, 7) is 3.55. The molecule has 1 saturated carbocycles. The zero-order chi connectivity index (χ0) is 14.0. The van der Waals surface area contributed by atoms with Gasteiger partial charge in [0.2, 0.25) is 0 Å². The van der Waals surface area contributed by atoms with Crippen LogP contribution in [0.5, 0.6) is 0 Å². The average Bonchev–Trinajstić information content (AvgIpc) is 3.06. The molecule has 6 nitrogen and oxygen atoms in total. The molecule has 19 heavy (non-hydrogen) atoms. The standard InChI is InChI=1S/C13H18N2O4/c1-13(2,12(17)18)5-6-14-11(16)9-7-10(19-15-9)8-3-4-8/h7-8H,3-6H2,1-2H3,(H,14,16)(H,17,18). The molecule has 1 fully saturated rings. The molecule has 1 aliphatic carbocycles. The molecule has 2 rings (SSSR count). The minimum absolute atomic E-state index is 0.259. The smallest absolute Gasteiger partial charge is 0.309 e. The lowest BCUT2D eigenvalue weighted by atomic mass is 9.90. The van der Waals surface area contributed by atoms with Crippen molar-refractivity contribution < 1.29 is 19.2 Å². The highest BCUT2D eigenvalue weighted by Gasteiger charge is 2.29. The van der Waals surface area contributed by atoms with Crippen molar-refractivity contribution in [2.45, 2.75) is 39.0 Å². The molecular formula is C13H18N2O4. The van der Waals surface area contributed by atoms with E-state index in [1.165, 1.54) is 0 Å². The third kappa shape index (κ3) is 3.33. The summed E-state index contributed by atoms with van der Waals surface area (Å²) in [6, 6.07) is 1.66. The Morgan fingerprint density at radius 3 is 2.79 bits per heavy atom. The van der Waals surface area contributed by atoms with E-state index in [0.717, 1.165) is 18.6 Å². The molecule has 0 bridgehead atoms. The van der Waals surface area contributed by atoms with Gasteiger partial charge < -0.3 is 14.9 Å². The quantitative estimate of drug-likeness (QED) is 0.818. The number of rotatable bonds is 6. The number of carbonyl (C=O) groups excluding carboxylic acids is 1. The largest absolute Gasteiger partial charge is 0.481 e. The normalized spacial score (nSPS) is 15.3. The van der Waals surface area contributed by atoms with Crippen molar-refractivity contribution in [3.05, 3.63) is 17.5 Å². The number of aliphatic carboxylic acids is 1. The first-order valence-corrected chi connectivity index (χ1v) is 6.38. The van der Waals surface area contributed by atoms with Crippen LogP contribution in [-0.2, 0) is 4.79 Å². The van der Waals surface area contributed by atoms with Gasteiger partial charge in [0.25, 0.3) is 5.91 Å². The summed E-state index contributed by atoms with van der Waals surface area (Å²) in [7, 11) is 0. The number of hydrogen-bond acceptors (Lipinski definition) is 4. The van der Waals surface area contributed by atoms with Gasteiger partial charge in [-0.1, -0.05) is 5.16 Å². The Balaban J connectivity index is 1.82. The number of aromatic nitrogens is 1. The average molecular weight is 266 g/mol. The molecule has 0 aromatic carbocycles. The maximum atomic E-state index is 11.8. The van der Waals surface area contributed by atoms with Gasteiger partial charge >= 0.3 is 5.97 Å². The van der Waals surface area contributed by atoms with Crippen LogP contribution >= 0.6 is 0 Å². The molecular weight excluding hydrogens is 248 g/mol.